The van der Waals surface area contributed by atoms with E-state index in [1.807, 2.05) is 0 Å². The van der Waals surface area contributed by atoms with Gasteiger partial charge in [0, 0.05) is 24.7 Å². The van der Waals surface area contributed by atoms with Gasteiger partial charge < -0.3 is 9.80 Å². The third-order valence-electron chi connectivity index (χ3n) is 4.76. The highest BCUT2D eigenvalue weighted by Crippen LogP contribution is 2.29. The summed E-state index contributed by atoms with van der Waals surface area (Å²) in [6.07, 6.45) is 4.07. The largest absolute Gasteiger partial charge is 0.329 e. The third-order valence-corrected chi connectivity index (χ3v) is 4.76. The Balaban J connectivity index is 1.74. The van der Waals surface area contributed by atoms with E-state index in [9.17, 15) is 14.0 Å². The first kappa shape index (κ1) is 15.0. The number of halogens is 1. The van der Waals surface area contributed by atoms with Crippen molar-refractivity contribution in [2.24, 2.45) is 5.92 Å². The van der Waals surface area contributed by atoms with Crippen LogP contribution in [0.4, 0.5) is 10.1 Å². The second kappa shape index (κ2) is 6.07. The molecule has 3 rings (SSSR count). The molecule has 0 bridgehead atoms. The average molecular weight is 304 g/mol. The van der Waals surface area contributed by atoms with E-state index in [1.54, 1.807) is 28.9 Å². The Hall–Kier alpha value is -1.91. The maximum atomic E-state index is 13.4. The molecule has 1 aromatic carbocycles. The second-order valence-electron chi connectivity index (χ2n) is 6.16. The van der Waals surface area contributed by atoms with E-state index < -0.39 is 6.04 Å². The minimum atomic E-state index is -0.481. The number of piperazine rings is 1. The monoisotopic (exact) mass is 304 g/mol. The summed E-state index contributed by atoms with van der Waals surface area (Å²) in [7, 11) is 0. The zero-order valence-corrected chi connectivity index (χ0v) is 12.8. The van der Waals surface area contributed by atoms with Gasteiger partial charge in [-0.2, -0.15) is 0 Å². The molecule has 1 atom stereocenters. The molecule has 1 heterocycles. The summed E-state index contributed by atoms with van der Waals surface area (Å²) in [5, 5.41) is 0. The van der Waals surface area contributed by atoms with Gasteiger partial charge in [0.25, 0.3) is 0 Å². The van der Waals surface area contributed by atoms with Crippen LogP contribution in [0.5, 0.6) is 0 Å². The molecule has 118 valence electrons. The molecular weight excluding hydrogens is 283 g/mol. The maximum Gasteiger partial charge on any atom is 0.249 e. The number of nitrogens with zero attached hydrogens (tertiary/aromatic N) is 2. The number of carbonyl (C=O) groups is 2. The highest BCUT2D eigenvalue weighted by molar-refractivity contribution is 6.00. The van der Waals surface area contributed by atoms with Gasteiger partial charge in [-0.1, -0.05) is 18.9 Å². The Kier molecular flexibility index (Phi) is 4.14. The zero-order chi connectivity index (χ0) is 15.7. The smallest absolute Gasteiger partial charge is 0.249 e. The van der Waals surface area contributed by atoms with Crippen molar-refractivity contribution in [3.8, 4) is 0 Å². The molecule has 0 aromatic heterocycles. The topological polar surface area (TPSA) is 40.6 Å². The van der Waals surface area contributed by atoms with Crippen molar-refractivity contribution in [3.63, 3.8) is 0 Å². The molecule has 22 heavy (non-hydrogen) atoms. The molecule has 1 unspecified atom stereocenters. The van der Waals surface area contributed by atoms with Crippen molar-refractivity contribution in [2.75, 3.05) is 18.0 Å². The third kappa shape index (κ3) is 2.72. The van der Waals surface area contributed by atoms with E-state index in [2.05, 4.69) is 0 Å². The predicted molar refractivity (Wildman–Crippen MR) is 81.9 cm³/mol. The van der Waals surface area contributed by atoms with Crippen LogP contribution < -0.4 is 4.90 Å². The standard InChI is InChI=1S/C17H21FN2O2/c1-12-16(21)20(15-8-4-7-14(18)11-15)10-9-19(12)17(22)13-5-2-3-6-13/h4,7-8,11-13H,2-3,5-6,9-10H2,1H3. The molecule has 5 heteroatoms. The molecule has 4 nitrogen and oxygen atoms in total. The summed E-state index contributed by atoms with van der Waals surface area (Å²) in [6.45, 7) is 2.70. The number of anilines is 1. The molecule has 1 aromatic rings. The van der Waals surface area contributed by atoms with Crippen LogP contribution in [-0.4, -0.2) is 35.8 Å². The van der Waals surface area contributed by atoms with Crippen LogP contribution in [0.15, 0.2) is 24.3 Å². The number of rotatable bonds is 2. The minimum absolute atomic E-state index is 0.0796. The normalized spacial score (nSPS) is 23.2. The van der Waals surface area contributed by atoms with Crippen LogP contribution in [0.25, 0.3) is 0 Å². The van der Waals surface area contributed by atoms with Gasteiger partial charge in [0.05, 0.1) is 0 Å². The lowest BCUT2D eigenvalue weighted by Crippen LogP contribution is -2.58. The molecule has 2 amide bonds. The van der Waals surface area contributed by atoms with Crippen LogP contribution in [0.3, 0.4) is 0 Å². The summed E-state index contributed by atoms with van der Waals surface area (Å²) < 4.78 is 13.4. The van der Waals surface area contributed by atoms with E-state index in [4.69, 9.17) is 0 Å². The Bertz CT molecular complexity index is 584. The van der Waals surface area contributed by atoms with Crippen LogP contribution in [-0.2, 0) is 9.59 Å². The van der Waals surface area contributed by atoms with Crippen molar-refractivity contribution >= 4 is 17.5 Å². The van der Waals surface area contributed by atoms with E-state index in [0.29, 0.717) is 18.8 Å². The number of hydrogen-bond acceptors (Lipinski definition) is 2. The average Bonchev–Trinajstić information content (AvgIpc) is 3.03. The number of benzene rings is 1. The lowest BCUT2D eigenvalue weighted by Gasteiger charge is -2.40. The van der Waals surface area contributed by atoms with Gasteiger partial charge in [-0.3, -0.25) is 9.59 Å². The Morgan fingerprint density at radius 3 is 2.64 bits per heavy atom. The van der Waals surface area contributed by atoms with Gasteiger partial charge in [0.15, 0.2) is 0 Å². The van der Waals surface area contributed by atoms with Gasteiger partial charge >= 0.3 is 0 Å². The van der Waals surface area contributed by atoms with E-state index in [1.165, 1.54) is 12.1 Å². The van der Waals surface area contributed by atoms with Crippen molar-refractivity contribution in [3.05, 3.63) is 30.1 Å². The first-order chi connectivity index (χ1) is 10.6. The second-order valence-corrected chi connectivity index (χ2v) is 6.16. The molecule has 0 radical (unpaired) electrons. The van der Waals surface area contributed by atoms with Crippen LogP contribution >= 0.6 is 0 Å². The fourth-order valence-corrected chi connectivity index (χ4v) is 3.48. The van der Waals surface area contributed by atoms with Crippen LogP contribution in [0, 0.1) is 11.7 Å². The fourth-order valence-electron chi connectivity index (χ4n) is 3.48. The number of hydrogen-bond donors (Lipinski definition) is 0. The zero-order valence-electron chi connectivity index (χ0n) is 12.8. The molecule has 0 N–H and O–H groups in total. The summed E-state index contributed by atoms with van der Waals surface area (Å²) in [5.41, 5.74) is 0.560. The van der Waals surface area contributed by atoms with E-state index in [-0.39, 0.29) is 23.5 Å². The molecule has 2 fully saturated rings. The molecular formula is C17H21FN2O2. The quantitative estimate of drug-likeness (QED) is 0.842. The number of carbonyl (C=O) groups excluding carboxylic acids is 2. The lowest BCUT2D eigenvalue weighted by molar-refractivity contribution is -0.143. The van der Waals surface area contributed by atoms with Crippen molar-refractivity contribution < 1.29 is 14.0 Å². The SMILES string of the molecule is CC1C(=O)N(c2cccc(F)c2)CCN1C(=O)C1CCCC1. The van der Waals surface area contributed by atoms with Crippen LogP contribution in [0.1, 0.15) is 32.6 Å². The van der Waals surface area contributed by atoms with Gasteiger partial charge in [-0.05, 0) is 38.0 Å². The minimum Gasteiger partial charge on any atom is -0.329 e. The number of amides is 2. The summed E-state index contributed by atoms with van der Waals surface area (Å²) in [5.74, 6) is -0.307. The molecule has 2 aliphatic rings. The van der Waals surface area contributed by atoms with E-state index in [0.717, 1.165) is 25.7 Å². The summed E-state index contributed by atoms with van der Waals surface area (Å²) >= 11 is 0. The highest BCUT2D eigenvalue weighted by atomic mass is 19.1. The van der Waals surface area contributed by atoms with Gasteiger partial charge in [-0.15, -0.1) is 0 Å². The van der Waals surface area contributed by atoms with E-state index >= 15 is 0 Å². The molecule has 0 spiro atoms. The summed E-state index contributed by atoms with van der Waals surface area (Å²) in [4.78, 5) is 28.4. The van der Waals surface area contributed by atoms with Crippen molar-refractivity contribution in [1.29, 1.82) is 0 Å². The predicted octanol–water partition coefficient (Wildman–Crippen LogP) is 2.58. The van der Waals surface area contributed by atoms with Gasteiger partial charge in [0.2, 0.25) is 11.8 Å². The Labute approximate surface area is 129 Å². The Morgan fingerprint density at radius 2 is 1.95 bits per heavy atom. The summed E-state index contributed by atoms with van der Waals surface area (Å²) in [6, 6.07) is 5.56. The van der Waals surface area contributed by atoms with Gasteiger partial charge in [-0.25, -0.2) is 4.39 Å². The lowest BCUT2D eigenvalue weighted by atomic mass is 10.0. The maximum absolute atomic E-state index is 13.4. The molecule has 1 aliphatic heterocycles. The van der Waals surface area contributed by atoms with Gasteiger partial charge in [0.1, 0.15) is 11.9 Å². The molecule has 1 saturated heterocycles. The fraction of sp³-hybridized carbons (Fsp3) is 0.529. The highest BCUT2D eigenvalue weighted by Gasteiger charge is 2.38. The molecule has 1 aliphatic carbocycles. The van der Waals surface area contributed by atoms with Crippen molar-refractivity contribution in [2.45, 2.75) is 38.6 Å². The first-order valence-corrected chi connectivity index (χ1v) is 7.95. The van der Waals surface area contributed by atoms with Crippen LogP contribution in [0.2, 0.25) is 0 Å². The Morgan fingerprint density at radius 1 is 1.23 bits per heavy atom. The first-order valence-electron chi connectivity index (χ1n) is 7.95. The van der Waals surface area contributed by atoms with Crippen molar-refractivity contribution in [1.82, 2.24) is 4.90 Å². The molecule has 1 saturated carbocycles.